The average molecular weight is 528 g/mol. The van der Waals surface area contributed by atoms with Crippen molar-refractivity contribution in [2.24, 2.45) is 21.9 Å². The number of aromatic hydroxyl groups is 1. The van der Waals surface area contributed by atoms with Gasteiger partial charge in [0, 0.05) is 29.5 Å². The second-order valence-corrected chi connectivity index (χ2v) is 11.0. The molecule has 39 heavy (non-hydrogen) atoms. The Labute approximate surface area is 228 Å². The number of nitrogen functional groups attached to an aromatic ring is 1. The van der Waals surface area contributed by atoms with Crippen molar-refractivity contribution in [2.75, 3.05) is 11.1 Å². The quantitative estimate of drug-likeness (QED) is 0.119. The number of aryl methyl sites for hydroxylation is 1. The molecule has 1 saturated carbocycles. The number of hydrogen-bond acceptors (Lipinski definition) is 7. The Kier molecular flexibility index (Phi) is 6.96. The number of nitrogens with one attached hydrogen (secondary N) is 1. The van der Waals surface area contributed by atoms with Crippen molar-refractivity contribution < 1.29 is 10.2 Å². The maximum Gasteiger partial charge on any atom is 0.135 e. The van der Waals surface area contributed by atoms with Crippen molar-refractivity contribution in [2.45, 2.75) is 58.7 Å². The lowest BCUT2D eigenvalue weighted by atomic mass is 9.84. The highest BCUT2D eigenvalue weighted by Gasteiger charge is 2.41. The molecule has 9 N–H and O–H groups in total. The van der Waals surface area contributed by atoms with E-state index >= 15 is 0 Å². The molecule has 4 aromatic rings. The molecule has 0 aliphatic heterocycles. The molecule has 2 unspecified atom stereocenters. The van der Waals surface area contributed by atoms with E-state index in [4.69, 9.17) is 22.2 Å². The molecule has 0 radical (unpaired) electrons. The van der Waals surface area contributed by atoms with Gasteiger partial charge in [0.25, 0.3) is 0 Å². The SMILES string of the molecule is CCc1cc(O)ccc1N=C(N)c1cnn2cc(-c3cc(N)cc(CO)c3)cc2c1NC1CCC(N)C1(C)C. The maximum absolute atomic E-state index is 9.92. The number of phenolic OH excluding ortho intramolecular Hbond substituents is 1. The first kappa shape index (κ1) is 26.5. The van der Waals surface area contributed by atoms with Gasteiger partial charge >= 0.3 is 0 Å². The minimum atomic E-state index is -0.130. The Bertz CT molecular complexity index is 1560. The van der Waals surface area contributed by atoms with Crippen LogP contribution < -0.4 is 22.5 Å². The van der Waals surface area contributed by atoms with Crippen molar-refractivity contribution in [3.63, 3.8) is 0 Å². The van der Waals surface area contributed by atoms with E-state index in [1.165, 1.54) is 0 Å². The second-order valence-electron chi connectivity index (χ2n) is 11.0. The molecule has 1 aliphatic carbocycles. The van der Waals surface area contributed by atoms with Crippen LogP contribution in [0.4, 0.5) is 17.1 Å². The van der Waals surface area contributed by atoms with Crippen LogP contribution in [0.15, 0.2) is 59.9 Å². The number of aliphatic imine (C=N–C) groups is 1. The minimum Gasteiger partial charge on any atom is -0.508 e. The fourth-order valence-electron chi connectivity index (χ4n) is 5.47. The summed E-state index contributed by atoms with van der Waals surface area (Å²) in [5, 5.41) is 28.0. The standard InChI is InChI=1S/C30H37N7O2/c1-4-18-12-22(39)5-6-24(18)35-29(33)23-14-34-37-15-20(19-9-17(16-38)10-21(31)11-19)13-25(37)28(23)36-27-8-7-26(32)30(27,2)3/h5-6,9-15,26-27,36,38-39H,4,7-8,16,31-32H2,1-3H3,(H2,33,35). The summed E-state index contributed by atoms with van der Waals surface area (Å²) in [4.78, 5) is 4.76. The number of rotatable bonds is 7. The Hall–Kier alpha value is -4.08. The maximum atomic E-state index is 9.92. The molecule has 2 aromatic carbocycles. The van der Waals surface area contributed by atoms with Crippen LogP contribution in [0.25, 0.3) is 16.6 Å². The van der Waals surface area contributed by atoms with E-state index in [-0.39, 0.29) is 29.9 Å². The summed E-state index contributed by atoms with van der Waals surface area (Å²) >= 11 is 0. The molecular formula is C30H37N7O2. The minimum absolute atomic E-state index is 0.0815. The Morgan fingerprint density at radius 3 is 2.64 bits per heavy atom. The number of phenols is 1. The zero-order chi connectivity index (χ0) is 27.9. The number of hydrogen-bond donors (Lipinski definition) is 6. The number of anilines is 2. The van der Waals surface area contributed by atoms with Gasteiger partial charge in [-0.3, -0.25) is 0 Å². The Morgan fingerprint density at radius 1 is 1.15 bits per heavy atom. The molecule has 9 heteroatoms. The summed E-state index contributed by atoms with van der Waals surface area (Å²) in [6.45, 7) is 6.29. The van der Waals surface area contributed by atoms with Crippen LogP contribution in [0.2, 0.25) is 0 Å². The first-order valence-electron chi connectivity index (χ1n) is 13.3. The summed E-state index contributed by atoms with van der Waals surface area (Å²) in [7, 11) is 0. The highest BCUT2D eigenvalue weighted by molar-refractivity contribution is 6.06. The van der Waals surface area contributed by atoms with Crippen LogP contribution in [0.5, 0.6) is 5.75 Å². The van der Waals surface area contributed by atoms with Gasteiger partial charge in [0.15, 0.2) is 0 Å². The lowest BCUT2D eigenvalue weighted by Gasteiger charge is -2.32. The number of aromatic nitrogens is 2. The first-order valence-corrected chi connectivity index (χ1v) is 13.3. The van der Waals surface area contributed by atoms with Gasteiger partial charge in [-0.05, 0) is 83.8 Å². The molecule has 9 nitrogen and oxygen atoms in total. The number of benzene rings is 2. The smallest absolute Gasteiger partial charge is 0.135 e. The summed E-state index contributed by atoms with van der Waals surface area (Å²) in [6, 6.07) is 12.9. The van der Waals surface area contributed by atoms with E-state index < -0.39 is 0 Å². The van der Waals surface area contributed by atoms with Crippen LogP contribution in [0, 0.1) is 5.41 Å². The predicted molar refractivity (Wildman–Crippen MR) is 157 cm³/mol. The lowest BCUT2D eigenvalue weighted by Crippen LogP contribution is -2.42. The van der Waals surface area contributed by atoms with Gasteiger partial charge < -0.3 is 32.7 Å². The number of aliphatic hydroxyl groups excluding tert-OH is 1. The van der Waals surface area contributed by atoms with E-state index in [0.717, 1.165) is 46.3 Å². The van der Waals surface area contributed by atoms with Crippen molar-refractivity contribution in [3.05, 3.63) is 71.5 Å². The van der Waals surface area contributed by atoms with Gasteiger partial charge in [-0.1, -0.05) is 20.8 Å². The van der Waals surface area contributed by atoms with Crippen LogP contribution in [0.1, 0.15) is 50.3 Å². The number of nitrogens with two attached hydrogens (primary N) is 3. The van der Waals surface area contributed by atoms with Gasteiger partial charge in [0.05, 0.1) is 35.3 Å². The third-order valence-electron chi connectivity index (χ3n) is 8.07. The van der Waals surface area contributed by atoms with E-state index in [1.54, 1.807) is 30.5 Å². The van der Waals surface area contributed by atoms with E-state index in [9.17, 15) is 10.2 Å². The molecular weight excluding hydrogens is 490 g/mol. The third kappa shape index (κ3) is 5.03. The fourth-order valence-corrected chi connectivity index (χ4v) is 5.47. The Balaban J connectivity index is 1.66. The van der Waals surface area contributed by atoms with Crippen LogP contribution in [-0.4, -0.2) is 37.7 Å². The van der Waals surface area contributed by atoms with E-state index in [0.29, 0.717) is 29.2 Å². The van der Waals surface area contributed by atoms with Crippen LogP contribution in [-0.2, 0) is 13.0 Å². The van der Waals surface area contributed by atoms with Crippen LogP contribution in [0.3, 0.4) is 0 Å². The highest BCUT2D eigenvalue weighted by atomic mass is 16.3. The largest absolute Gasteiger partial charge is 0.508 e. The summed E-state index contributed by atoms with van der Waals surface area (Å²) in [5.74, 6) is 0.517. The van der Waals surface area contributed by atoms with Crippen LogP contribution >= 0.6 is 0 Å². The molecule has 2 atom stereocenters. The number of nitrogens with zero attached hydrogens (tertiary/aromatic N) is 3. The van der Waals surface area contributed by atoms with Gasteiger partial charge in [-0.2, -0.15) is 5.10 Å². The second kappa shape index (κ2) is 10.2. The normalized spacial score (nSPS) is 19.1. The molecule has 0 amide bonds. The zero-order valence-corrected chi connectivity index (χ0v) is 22.6. The first-order chi connectivity index (χ1) is 18.6. The highest BCUT2D eigenvalue weighted by Crippen LogP contribution is 2.40. The number of amidine groups is 1. The van der Waals surface area contributed by atoms with Gasteiger partial charge in [0.2, 0.25) is 0 Å². The molecule has 1 aliphatic rings. The van der Waals surface area contributed by atoms with Crippen molar-refractivity contribution in [1.82, 2.24) is 9.61 Å². The lowest BCUT2D eigenvalue weighted by molar-refractivity contribution is 0.282. The fraction of sp³-hybridized carbons (Fsp3) is 0.333. The Morgan fingerprint density at radius 2 is 1.95 bits per heavy atom. The predicted octanol–water partition coefficient (Wildman–Crippen LogP) is 4.31. The molecule has 2 heterocycles. The summed E-state index contributed by atoms with van der Waals surface area (Å²) < 4.78 is 1.82. The molecule has 0 bridgehead atoms. The van der Waals surface area contributed by atoms with Crippen molar-refractivity contribution in [1.29, 1.82) is 0 Å². The molecule has 5 rings (SSSR count). The topological polar surface area (TPSA) is 160 Å². The van der Waals surface area contributed by atoms with Gasteiger partial charge in [-0.25, -0.2) is 9.51 Å². The number of fused-ring (bicyclic) bond motifs is 1. The summed E-state index contributed by atoms with van der Waals surface area (Å²) in [6.07, 6.45) is 6.23. The zero-order valence-electron chi connectivity index (χ0n) is 22.6. The van der Waals surface area contributed by atoms with Gasteiger partial charge in [-0.15, -0.1) is 0 Å². The molecule has 1 fully saturated rings. The molecule has 2 aromatic heterocycles. The van der Waals surface area contributed by atoms with Crippen molar-refractivity contribution in [3.8, 4) is 16.9 Å². The molecule has 204 valence electrons. The van der Waals surface area contributed by atoms with E-state index in [2.05, 4.69) is 24.3 Å². The van der Waals surface area contributed by atoms with Crippen molar-refractivity contribution >= 4 is 28.4 Å². The third-order valence-corrected chi connectivity index (χ3v) is 8.07. The molecule has 0 saturated heterocycles. The average Bonchev–Trinajstić information content (AvgIpc) is 3.46. The number of aliphatic hydroxyl groups is 1. The van der Waals surface area contributed by atoms with Gasteiger partial charge in [0.1, 0.15) is 11.6 Å². The summed E-state index contributed by atoms with van der Waals surface area (Å²) in [5.41, 5.74) is 26.2. The monoisotopic (exact) mass is 527 g/mol. The molecule has 0 spiro atoms. The van der Waals surface area contributed by atoms with E-state index in [1.807, 2.05) is 35.8 Å².